The summed E-state index contributed by atoms with van der Waals surface area (Å²) in [5.74, 6) is -0.915. The highest BCUT2D eigenvalue weighted by atomic mass is 32.1. The lowest BCUT2D eigenvalue weighted by Crippen LogP contribution is -2.10. The Hall–Kier alpha value is -2.71. The molecule has 0 saturated heterocycles. The van der Waals surface area contributed by atoms with Crippen molar-refractivity contribution in [2.45, 2.75) is 6.42 Å². The van der Waals surface area contributed by atoms with Gasteiger partial charge < -0.3 is 21.3 Å². The number of pyridine rings is 1. The van der Waals surface area contributed by atoms with Gasteiger partial charge in [-0.3, -0.25) is 4.79 Å². The lowest BCUT2D eigenvalue weighted by Gasteiger charge is -2.09. The zero-order chi connectivity index (χ0) is 17.3. The Kier molecular flexibility index (Phi) is 4.32. The van der Waals surface area contributed by atoms with Crippen LogP contribution in [0.25, 0.3) is 10.2 Å². The fourth-order valence-corrected chi connectivity index (χ4v) is 3.25. The number of ether oxygens (including phenoxy) is 1. The van der Waals surface area contributed by atoms with E-state index in [1.165, 1.54) is 24.4 Å². The largest absolute Gasteiger partial charge is 0.453 e. The van der Waals surface area contributed by atoms with Gasteiger partial charge in [0.1, 0.15) is 15.5 Å². The van der Waals surface area contributed by atoms with Crippen LogP contribution in [0.5, 0.6) is 11.5 Å². The number of nitrogens with zero attached hydrogens (tertiary/aromatic N) is 1. The van der Waals surface area contributed by atoms with E-state index in [2.05, 4.69) is 4.98 Å². The first-order valence-corrected chi connectivity index (χ1v) is 7.87. The third-order valence-corrected chi connectivity index (χ3v) is 4.56. The van der Waals surface area contributed by atoms with Crippen molar-refractivity contribution in [3.8, 4) is 11.5 Å². The number of rotatable bonds is 5. The minimum absolute atomic E-state index is 0.00964. The molecule has 0 fully saturated rings. The van der Waals surface area contributed by atoms with Crippen LogP contribution in [-0.4, -0.2) is 22.6 Å². The van der Waals surface area contributed by atoms with Gasteiger partial charge in [0.05, 0.1) is 11.1 Å². The van der Waals surface area contributed by atoms with Crippen LogP contribution < -0.4 is 16.2 Å². The Morgan fingerprint density at radius 1 is 1.33 bits per heavy atom. The molecule has 0 radical (unpaired) electrons. The van der Waals surface area contributed by atoms with Crippen LogP contribution in [0.3, 0.4) is 0 Å². The molecule has 0 bridgehead atoms. The summed E-state index contributed by atoms with van der Waals surface area (Å²) in [5, 5.41) is 9.33. The average Bonchev–Trinajstić information content (AvgIpc) is 2.89. The summed E-state index contributed by atoms with van der Waals surface area (Å²) in [6.07, 6.45) is 1.84. The van der Waals surface area contributed by atoms with Gasteiger partial charge in [-0.25, -0.2) is 9.37 Å². The van der Waals surface area contributed by atoms with Gasteiger partial charge in [0.2, 0.25) is 0 Å². The van der Waals surface area contributed by atoms with Gasteiger partial charge in [0, 0.05) is 12.8 Å². The molecule has 5 N–H and O–H groups in total. The van der Waals surface area contributed by atoms with Crippen LogP contribution in [0.1, 0.15) is 15.2 Å². The molecular weight excluding hydrogens is 333 g/mol. The van der Waals surface area contributed by atoms with E-state index in [9.17, 15) is 9.18 Å². The van der Waals surface area contributed by atoms with Crippen LogP contribution in [0, 0.1) is 5.82 Å². The van der Waals surface area contributed by atoms with Crippen molar-refractivity contribution in [1.82, 2.24) is 4.98 Å². The molecule has 3 aromatic rings. The summed E-state index contributed by atoms with van der Waals surface area (Å²) in [7, 11) is 0. The number of carbonyl (C=O) groups is 1. The Balaban J connectivity index is 2.03. The first-order chi connectivity index (χ1) is 11.5. The maximum atomic E-state index is 14.2. The number of halogens is 1. The minimum Gasteiger partial charge on any atom is -0.453 e. The maximum absolute atomic E-state index is 14.2. The van der Waals surface area contributed by atoms with E-state index >= 15 is 0 Å². The molecule has 0 saturated carbocycles. The normalized spacial score (nSPS) is 10.9. The van der Waals surface area contributed by atoms with Gasteiger partial charge in [-0.1, -0.05) is 6.07 Å². The third-order valence-electron chi connectivity index (χ3n) is 3.43. The van der Waals surface area contributed by atoms with E-state index < -0.39 is 11.7 Å². The summed E-state index contributed by atoms with van der Waals surface area (Å²) in [4.78, 5) is 16.2. The minimum atomic E-state index is -0.652. The zero-order valence-corrected chi connectivity index (χ0v) is 13.3. The van der Waals surface area contributed by atoms with Crippen molar-refractivity contribution < 1.29 is 19.0 Å². The van der Waals surface area contributed by atoms with Crippen molar-refractivity contribution in [2.75, 3.05) is 12.3 Å². The Labute approximate surface area is 140 Å². The van der Waals surface area contributed by atoms with Crippen LogP contribution in [0.4, 0.5) is 10.1 Å². The maximum Gasteiger partial charge on any atom is 0.260 e. The molecular formula is C16H14FN3O3S. The molecule has 3 rings (SSSR count). The number of benzene rings is 1. The number of nitrogens with two attached hydrogens (primary N) is 2. The number of hydrogen-bond acceptors (Lipinski definition) is 6. The molecule has 6 nitrogen and oxygen atoms in total. The summed E-state index contributed by atoms with van der Waals surface area (Å²) in [6.45, 7) is -0.0635. The van der Waals surface area contributed by atoms with Crippen LogP contribution in [-0.2, 0) is 6.42 Å². The van der Waals surface area contributed by atoms with Crippen LogP contribution >= 0.6 is 11.3 Å². The highest BCUT2D eigenvalue weighted by Crippen LogP contribution is 2.40. The first-order valence-electron chi connectivity index (χ1n) is 7.05. The van der Waals surface area contributed by atoms with Gasteiger partial charge in [-0.15, -0.1) is 11.3 Å². The average molecular weight is 347 g/mol. The van der Waals surface area contributed by atoms with E-state index in [0.717, 1.165) is 11.3 Å². The molecule has 124 valence electrons. The van der Waals surface area contributed by atoms with E-state index in [4.69, 9.17) is 21.3 Å². The second kappa shape index (κ2) is 6.42. The number of carbonyl (C=O) groups excluding carboxylic acids is 1. The molecule has 1 aromatic carbocycles. The molecule has 8 heteroatoms. The number of primary amides is 1. The van der Waals surface area contributed by atoms with E-state index in [1.807, 2.05) is 0 Å². The summed E-state index contributed by atoms with van der Waals surface area (Å²) >= 11 is 1.06. The van der Waals surface area contributed by atoms with Crippen molar-refractivity contribution in [1.29, 1.82) is 0 Å². The number of thiophene rings is 1. The van der Waals surface area contributed by atoms with Gasteiger partial charge in [0.15, 0.2) is 11.6 Å². The molecule has 0 spiro atoms. The number of hydrogen-bond donors (Lipinski definition) is 3. The second-order valence-electron chi connectivity index (χ2n) is 5.04. The monoisotopic (exact) mass is 347 g/mol. The summed E-state index contributed by atoms with van der Waals surface area (Å²) in [6, 6.07) is 5.98. The molecule has 1 amide bonds. The Bertz CT molecular complexity index is 926. The molecule has 0 aliphatic heterocycles. The predicted octanol–water partition coefficient (Wildman–Crippen LogP) is 2.44. The number of fused-ring (bicyclic) bond motifs is 1. The summed E-state index contributed by atoms with van der Waals surface area (Å²) < 4.78 is 19.8. The predicted molar refractivity (Wildman–Crippen MR) is 89.8 cm³/mol. The molecule has 0 aliphatic carbocycles. The molecule has 2 aromatic heterocycles. The Morgan fingerprint density at radius 2 is 2.12 bits per heavy atom. The second-order valence-corrected chi connectivity index (χ2v) is 6.04. The van der Waals surface area contributed by atoms with Crippen molar-refractivity contribution in [2.24, 2.45) is 5.73 Å². The topological polar surface area (TPSA) is 111 Å². The quantitative estimate of drug-likeness (QED) is 0.656. The van der Waals surface area contributed by atoms with E-state index in [0.29, 0.717) is 22.2 Å². The molecule has 0 aliphatic rings. The Morgan fingerprint density at radius 3 is 2.79 bits per heavy atom. The standard InChI is InChI=1S/C16H14FN3O3S/c17-9-7-8(4-6-21)1-2-10(9)23-11-3-5-20-16-12(11)13(18)14(24-16)15(19)22/h1-3,5,7,21H,4,6,18H2,(H2,19,22). The zero-order valence-electron chi connectivity index (χ0n) is 12.5. The van der Waals surface area contributed by atoms with Crippen LogP contribution in [0.2, 0.25) is 0 Å². The molecule has 2 heterocycles. The van der Waals surface area contributed by atoms with Crippen molar-refractivity contribution in [3.63, 3.8) is 0 Å². The van der Waals surface area contributed by atoms with Gasteiger partial charge in [-0.2, -0.15) is 0 Å². The number of nitrogen functional groups attached to an aromatic ring is 1. The van der Waals surface area contributed by atoms with E-state index in [-0.39, 0.29) is 28.7 Å². The smallest absolute Gasteiger partial charge is 0.260 e. The third kappa shape index (κ3) is 2.89. The lowest BCUT2D eigenvalue weighted by molar-refractivity contribution is 0.100. The highest BCUT2D eigenvalue weighted by molar-refractivity contribution is 7.21. The SMILES string of the molecule is NC(=O)c1sc2nccc(Oc3ccc(CCO)cc3F)c2c1N. The first kappa shape index (κ1) is 16.2. The number of amides is 1. The van der Waals surface area contributed by atoms with Crippen molar-refractivity contribution >= 4 is 33.1 Å². The summed E-state index contributed by atoms with van der Waals surface area (Å²) in [5.41, 5.74) is 12.1. The number of aliphatic hydroxyl groups is 1. The van der Waals surface area contributed by atoms with Gasteiger partial charge in [-0.05, 0) is 30.2 Å². The fourth-order valence-electron chi connectivity index (χ4n) is 2.31. The molecule has 0 unspecified atom stereocenters. The highest BCUT2D eigenvalue weighted by Gasteiger charge is 2.19. The van der Waals surface area contributed by atoms with Gasteiger partial charge in [0.25, 0.3) is 5.91 Å². The van der Waals surface area contributed by atoms with E-state index in [1.54, 1.807) is 6.07 Å². The lowest BCUT2D eigenvalue weighted by atomic mass is 10.1. The number of aliphatic hydroxyl groups excluding tert-OH is 1. The number of anilines is 1. The molecule has 24 heavy (non-hydrogen) atoms. The van der Waals surface area contributed by atoms with Crippen LogP contribution in [0.15, 0.2) is 30.5 Å². The van der Waals surface area contributed by atoms with Gasteiger partial charge >= 0.3 is 0 Å². The number of aromatic nitrogens is 1. The fraction of sp³-hybridized carbons (Fsp3) is 0.125. The molecule has 0 atom stereocenters. The van der Waals surface area contributed by atoms with Crippen molar-refractivity contribution in [3.05, 3.63) is 46.7 Å².